The molecule has 0 spiro atoms. The van der Waals surface area contributed by atoms with Crippen LogP contribution in [0.25, 0.3) is 11.0 Å². The molecule has 1 fully saturated rings. The van der Waals surface area contributed by atoms with Gasteiger partial charge in [0.25, 0.3) is 0 Å². The zero-order valence-electron chi connectivity index (χ0n) is 15.5. The van der Waals surface area contributed by atoms with Crippen LogP contribution in [0.5, 0.6) is 5.88 Å². The van der Waals surface area contributed by atoms with Gasteiger partial charge in [0.05, 0.1) is 30.4 Å². The van der Waals surface area contributed by atoms with E-state index in [0.717, 1.165) is 11.1 Å². The standard InChI is InChI=1S/C18H21N7O3/c1-3-15(26)25-6-7-27-13(10-25)11-28-17-14-4-5-19-16(14)22-18(23-17)21-12-8-20-24(2)9-12/h3-5,8-9,13H,1,6-7,10-11H2,2H3,(H2,19,21,22,23)/t13-/m0/s1. The molecule has 2 N–H and O–H groups in total. The fourth-order valence-electron chi connectivity index (χ4n) is 3.02. The average Bonchev–Trinajstić information content (AvgIpc) is 3.34. The molecule has 0 aliphatic carbocycles. The number of carbonyl (C=O) groups is 1. The Morgan fingerprint density at radius 3 is 3.21 bits per heavy atom. The van der Waals surface area contributed by atoms with Crippen molar-refractivity contribution in [2.75, 3.05) is 31.6 Å². The molecule has 1 atom stereocenters. The van der Waals surface area contributed by atoms with Crippen LogP contribution in [0.1, 0.15) is 0 Å². The number of aromatic amines is 1. The molecular weight excluding hydrogens is 362 g/mol. The van der Waals surface area contributed by atoms with E-state index in [0.29, 0.717) is 37.2 Å². The number of hydrogen-bond acceptors (Lipinski definition) is 7. The second-order valence-corrected chi connectivity index (χ2v) is 6.41. The van der Waals surface area contributed by atoms with Gasteiger partial charge in [-0.1, -0.05) is 6.58 Å². The fourth-order valence-corrected chi connectivity index (χ4v) is 3.02. The van der Waals surface area contributed by atoms with Crippen molar-refractivity contribution in [1.82, 2.24) is 29.6 Å². The number of aromatic nitrogens is 5. The normalized spacial score (nSPS) is 16.9. The van der Waals surface area contributed by atoms with E-state index in [9.17, 15) is 4.79 Å². The lowest BCUT2D eigenvalue weighted by Crippen LogP contribution is -2.47. The molecule has 4 heterocycles. The highest BCUT2D eigenvalue weighted by molar-refractivity contribution is 5.87. The lowest BCUT2D eigenvalue weighted by atomic mass is 10.3. The van der Waals surface area contributed by atoms with Crippen LogP contribution < -0.4 is 10.1 Å². The smallest absolute Gasteiger partial charge is 0.246 e. The quantitative estimate of drug-likeness (QED) is 0.616. The molecule has 0 radical (unpaired) electrons. The number of hydrogen-bond donors (Lipinski definition) is 2. The number of carbonyl (C=O) groups excluding carboxylic acids is 1. The lowest BCUT2D eigenvalue weighted by molar-refractivity contribution is -0.134. The van der Waals surface area contributed by atoms with Gasteiger partial charge in [-0.15, -0.1) is 0 Å². The zero-order chi connectivity index (χ0) is 19.5. The predicted molar refractivity (Wildman–Crippen MR) is 102 cm³/mol. The third-order valence-electron chi connectivity index (χ3n) is 4.37. The molecular formula is C18H21N7O3. The summed E-state index contributed by atoms with van der Waals surface area (Å²) < 4.78 is 13.3. The summed E-state index contributed by atoms with van der Waals surface area (Å²) in [5, 5.41) is 8.00. The van der Waals surface area contributed by atoms with Gasteiger partial charge >= 0.3 is 0 Å². The Labute approximate surface area is 161 Å². The molecule has 146 valence electrons. The highest BCUT2D eigenvalue weighted by Gasteiger charge is 2.24. The number of anilines is 2. The molecule has 1 amide bonds. The van der Waals surface area contributed by atoms with Crippen molar-refractivity contribution in [3.63, 3.8) is 0 Å². The van der Waals surface area contributed by atoms with Gasteiger partial charge in [0.15, 0.2) is 0 Å². The number of aryl methyl sites for hydroxylation is 1. The second-order valence-electron chi connectivity index (χ2n) is 6.41. The minimum Gasteiger partial charge on any atom is -0.474 e. The molecule has 4 rings (SSSR count). The first-order valence-corrected chi connectivity index (χ1v) is 8.89. The highest BCUT2D eigenvalue weighted by atomic mass is 16.5. The number of nitrogens with one attached hydrogen (secondary N) is 2. The van der Waals surface area contributed by atoms with Gasteiger partial charge in [0.2, 0.25) is 17.7 Å². The van der Waals surface area contributed by atoms with E-state index in [4.69, 9.17) is 9.47 Å². The number of H-pyrrole nitrogens is 1. The SMILES string of the molecule is C=CC(=O)N1CCO[C@H](COc2nc(Nc3cnn(C)c3)nc3[nH]ccc23)C1. The van der Waals surface area contributed by atoms with Gasteiger partial charge in [-0.05, 0) is 12.1 Å². The van der Waals surface area contributed by atoms with Gasteiger partial charge in [-0.2, -0.15) is 15.1 Å². The molecule has 3 aromatic heterocycles. The largest absolute Gasteiger partial charge is 0.474 e. The third kappa shape index (κ3) is 3.81. The summed E-state index contributed by atoms with van der Waals surface area (Å²) in [5.74, 6) is 0.728. The van der Waals surface area contributed by atoms with Crippen molar-refractivity contribution in [2.24, 2.45) is 7.05 Å². The number of fused-ring (bicyclic) bond motifs is 1. The van der Waals surface area contributed by atoms with Gasteiger partial charge in [-0.25, -0.2) is 0 Å². The molecule has 10 heteroatoms. The monoisotopic (exact) mass is 383 g/mol. The van der Waals surface area contributed by atoms with E-state index >= 15 is 0 Å². The average molecular weight is 383 g/mol. The molecule has 1 saturated heterocycles. The number of rotatable bonds is 6. The van der Waals surface area contributed by atoms with Crippen LogP contribution in [0.3, 0.4) is 0 Å². The summed E-state index contributed by atoms with van der Waals surface area (Å²) in [6.07, 6.45) is 6.36. The van der Waals surface area contributed by atoms with Crippen LogP contribution in [-0.2, 0) is 16.6 Å². The van der Waals surface area contributed by atoms with Gasteiger partial charge in [0, 0.05) is 26.0 Å². The summed E-state index contributed by atoms with van der Waals surface area (Å²) in [6.45, 7) is 5.27. The minimum absolute atomic E-state index is 0.105. The van der Waals surface area contributed by atoms with Crippen molar-refractivity contribution in [1.29, 1.82) is 0 Å². The van der Waals surface area contributed by atoms with E-state index in [1.54, 1.807) is 22.0 Å². The molecule has 3 aromatic rings. The topological polar surface area (TPSA) is 110 Å². The molecule has 0 aromatic carbocycles. The Balaban J connectivity index is 1.49. The lowest BCUT2D eigenvalue weighted by Gasteiger charge is -2.32. The molecule has 0 bridgehead atoms. The number of morpholine rings is 1. The maximum atomic E-state index is 11.8. The molecule has 0 unspecified atom stereocenters. The summed E-state index contributed by atoms with van der Waals surface area (Å²) in [5.41, 5.74) is 1.43. The Hall–Kier alpha value is -3.40. The first-order chi connectivity index (χ1) is 13.6. The second kappa shape index (κ2) is 7.69. The summed E-state index contributed by atoms with van der Waals surface area (Å²) >= 11 is 0. The number of nitrogens with zero attached hydrogens (tertiary/aromatic N) is 5. The van der Waals surface area contributed by atoms with Crippen LogP contribution in [0.15, 0.2) is 37.3 Å². The van der Waals surface area contributed by atoms with E-state index in [2.05, 4.69) is 31.9 Å². The Morgan fingerprint density at radius 1 is 1.54 bits per heavy atom. The van der Waals surface area contributed by atoms with Gasteiger partial charge in [-0.3, -0.25) is 9.48 Å². The fraction of sp³-hybridized carbons (Fsp3) is 0.333. The van der Waals surface area contributed by atoms with Crippen LogP contribution in [0.4, 0.5) is 11.6 Å². The van der Waals surface area contributed by atoms with Crippen molar-refractivity contribution >= 4 is 28.6 Å². The molecule has 10 nitrogen and oxygen atoms in total. The Bertz CT molecular complexity index is 996. The summed E-state index contributed by atoms with van der Waals surface area (Å²) in [6, 6.07) is 1.85. The van der Waals surface area contributed by atoms with E-state index in [1.165, 1.54) is 6.08 Å². The molecule has 1 aliphatic rings. The highest BCUT2D eigenvalue weighted by Crippen LogP contribution is 2.25. The molecule has 1 aliphatic heterocycles. The number of ether oxygens (including phenoxy) is 2. The van der Waals surface area contributed by atoms with Crippen LogP contribution in [0.2, 0.25) is 0 Å². The van der Waals surface area contributed by atoms with E-state index in [-0.39, 0.29) is 18.6 Å². The van der Waals surface area contributed by atoms with E-state index in [1.807, 2.05) is 19.3 Å². The summed E-state index contributed by atoms with van der Waals surface area (Å²) in [7, 11) is 1.83. The van der Waals surface area contributed by atoms with Crippen LogP contribution >= 0.6 is 0 Å². The van der Waals surface area contributed by atoms with Crippen LogP contribution in [-0.4, -0.2) is 67.9 Å². The minimum atomic E-state index is -0.240. The van der Waals surface area contributed by atoms with Gasteiger partial charge < -0.3 is 24.7 Å². The number of amides is 1. The van der Waals surface area contributed by atoms with Crippen molar-refractivity contribution in [3.05, 3.63) is 37.3 Å². The third-order valence-corrected chi connectivity index (χ3v) is 4.37. The van der Waals surface area contributed by atoms with E-state index < -0.39 is 0 Å². The van der Waals surface area contributed by atoms with Crippen molar-refractivity contribution in [2.45, 2.75) is 6.10 Å². The first-order valence-electron chi connectivity index (χ1n) is 8.89. The van der Waals surface area contributed by atoms with Crippen molar-refractivity contribution < 1.29 is 14.3 Å². The summed E-state index contributed by atoms with van der Waals surface area (Å²) in [4.78, 5) is 25.5. The molecule has 0 saturated carbocycles. The zero-order valence-corrected chi connectivity index (χ0v) is 15.5. The Kier molecular flexibility index (Phi) is 4.94. The van der Waals surface area contributed by atoms with Crippen molar-refractivity contribution in [3.8, 4) is 5.88 Å². The molecule has 28 heavy (non-hydrogen) atoms. The Morgan fingerprint density at radius 2 is 2.43 bits per heavy atom. The van der Waals surface area contributed by atoms with Crippen LogP contribution in [0, 0.1) is 0 Å². The van der Waals surface area contributed by atoms with Gasteiger partial charge in [0.1, 0.15) is 18.4 Å². The predicted octanol–water partition coefficient (Wildman–Crippen LogP) is 1.23. The first kappa shape index (κ1) is 18.0. The maximum absolute atomic E-state index is 11.8. The maximum Gasteiger partial charge on any atom is 0.246 e.